The van der Waals surface area contributed by atoms with Crippen LogP contribution in [0.15, 0.2) is 66.8 Å². The molecule has 1 N–H and O–H groups in total. The van der Waals surface area contributed by atoms with E-state index in [-0.39, 0.29) is 0 Å². The summed E-state index contributed by atoms with van der Waals surface area (Å²) in [5.41, 5.74) is 1.19. The summed E-state index contributed by atoms with van der Waals surface area (Å²) in [7, 11) is 0. The van der Waals surface area contributed by atoms with E-state index >= 15 is 0 Å². The van der Waals surface area contributed by atoms with Crippen LogP contribution in [-0.2, 0) is 0 Å². The number of anilines is 1. The standard InChI is InChI=1S/C17H19N/c1-2-3-4-5-8-14-18-17-13-9-11-15-10-6-7-12-16(15)17/h3-13,18H,2,14H2,1H3/b4-3-,8-5-. The van der Waals surface area contributed by atoms with E-state index in [2.05, 4.69) is 79.0 Å². The second kappa shape index (κ2) is 6.65. The van der Waals surface area contributed by atoms with Crippen molar-refractivity contribution in [1.82, 2.24) is 0 Å². The summed E-state index contributed by atoms with van der Waals surface area (Å²) in [6.45, 7) is 2.99. The molecule has 18 heavy (non-hydrogen) atoms. The van der Waals surface area contributed by atoms with Crippen LogP contribution in [0.5, 0.6) is 0 Å². The van der Waals surface area contributed by atoms with E-state index in [9.17, 15) is 0 Å². The lowest BCUT2D eigenvalue weighted by Crippen LogP contribution is -1.98. The summed E-state index contributed by atoms with van der Waals surface area (Å²) < 4.78 is 0. The normalized spacial score (nSPS) is 11.6. The Morgan fingerprint density at radius 3 is 2.61 bits per heavy atom. The van der Waals surface area contributed by atoms with E-state index < -0.39 is 0 Å². The highest BCUT2D eigenvalue weighted by Gasteiger charge is 1.97. The summed E-state index contributed by atoms with van der Waals surface area (Å²) in [6.07, 6.45) is 9.54. The minimum atomic E-state index is 0.849. The van der Waals surface area contributed by atoms with Crippen LogP contribution in [-0.4, -0.2) is 6.54 Å². The predicted octanol–water partition coefficient (Wildman–Crippen LogP) is 4.77. The molecular weight excluding hydrogens is 218 g/mol. The van der Waals surface area contributed by atoms with Gasteiger partial charge < -0.3 is 5.32 Å². The van der Waals surface area contributed by atoms with Crippen molar-refractivity contribution >= 4 is 16.5 Å². The summed E-state index contributed by atoms with van der Waals surface area (Å²) >= 11 is 0. The molecule has 0 spiro atoms. The largest absolute Gasteiger partial charge is 0.381 e. The third-order valence-electron chi connectivity index (χ3n) is 2.82. The second-order valence-corrected chi connectivity index (χ2v) is 4.17. The van der Waals surface area contributed by atoms with Gasteiger partial charge in [-0.1, -0.05) is 67.6 Å². The maximum atomic E-state index is 3.44. The molecule has 0 saturated carbocycles. The van der Waals surface area contributed by atoms with Gasteiger partial charge in [0.1, 0.15) is 0 Å². The molecule has 0 atom stereocenters. The average Bonchev–Trinajstić information content (AvgIpc) is 2.43. The molecule has 0 fully saturated rings. The number of allylic oxidation sites excluding steroid dienone is 3. The topological polar surface area (TPSA) is 12.0 Å². The van der Waals surface area contributed by atoms with Crippen LogP contribution in [0.1, 0.15) is 13.3 Å². The molecule has 0 aliphatic rings. The average molecular weight is 237 g/mol. The van der Waals surface area contributed by atoms with Crippen molar-refractivity contribution in [3.63, 3.8) is 0 Å². The first-order chi connectivity index (χ1) is 8.92. The fourth-order valence-electron chi connectivity index (χ4n) is 1.91. The predicted molar refractivity (Wildman–Crippen MR) is 81.0 cm³/mol. The fraction of sp³-hybridized carbons (Fsp3) is 0.176. The van der Waals surface area contributed by atoms with Crippen molar-refractivity contribution < 1.29 is 0 Å². The summed E-state index contributed by atoms with van der Waals surface area (Å²) in [6, 6.07) is 14.8. The molecule has 2 aromatic carbocycles. The minimum absolute atomic E-state index is 0.849. The Morgan fingerprint density at radius 2 is 1.72 bits per heavy atom. The zero-order valence-electron chi connectivity index (χ0n) is 10.8. The van der Waals surface area contributed by atoms with Crippen molar-refractivity contribution in [2.45, 2.75) is 13.3 Å². The fourth-order valence-corrected chi connectivity index (χ4v) is 1.91. The van der Waals surface area contributed by atoms with Gasteiger partial charge in [-0.25, -0.2) is 0 Å². The van der Waals surface area contributed by atoms with E-state index in [0.717, 1.165) is 13.0 Å². The van der Waals surface area contributed by atoms with Crippen LogP contribution in [0.4, 0.5) is 5.69 Å². The van der Waals surface area contributed by atoms with Crippen molar-refractivity contribution in [2.24, 2.45) is 0 Å². The molecule has 0 aromatic heterocycles. The van der Waals surface area contributed by atoms with Gasteiger partial charge in [0.05, 0.1) is 0 Å². The van der Waals surface area contributed by atoms with Gasteiger partial charge in [0, 0.05) is 17.6 Å². The van der Waals surface area contributed by atoms with Gasteiger partial charge in [-0.3, -0.25) is 0 Å². The van der Waals surface area contributed by atoms with Gasteiger partial charge in [0.15, 0.2) is 0 Å². The van der Waals surface area contributed by atoms with Gasteiger partial charge in [0.25, 0.3) is 0 Å². The molecule has 1 heteroatoms. The first-order valence-electron chi connectivity index (χ1n) is 6.45. The highest BCUT2D eigenvalue weighted by molar-refractivity contribution is 5.93. The minimum Gasteiger partial charge on any atom is -0.381 e. The van der Waals surface area contributed by atoms with Crippen LogP contribution in [0.3, 0.4) is 0 Å². The summed E-state index contributed by atoms with van der Waals surface area (Å²) in [4.78, 5) is 0. The molecular formula is C17H19N. The summed E-state index contributed by atoms with van der Waals surface area (Å²) in [5.74, 6) is 0. The molecule has 0 aliphatic carbocycles. The molecule has 1 nitrogen and oxygen atoms in total. The van der Waals surface area contributed by atoms with E-state index in [1.807, 2.05) is 0 Å². The number of nitrogens with one attached hydrogen (secondary N) is 1. The van der Waals surface area contributed by atoms with Crippen LogP contribution in [0.2, 0.25) is 0 Å². The lowest BCUT2D eigenvalue weighted by atomic mass is 10.1. The van der Waals surface area contributed by atoms with Crippen molar-refractivity contribution in [1.29, 1.82) is 0 Å². The van der Waals surface area contributed by atoms with E-state index in [1.165, 1.54) is 16.5 Å². The van der Waals surface area contributed by atoms with Crippen LogP contribution in [0.25, 0.3) is 10.8 Å². The molecule has 2 aromatic rings. The Morgan fingerprint density at radius 1 is 0.944 bits per heavy atom. The molecule has 0 bridgehead atoms. The quantitative estimate of drug-likeness (QED) is 0.738. The van der Waals surface area contributed by atoms with Gasteiger partial charge in [-0.2, -0.15) is 0 Å². The molecule has 0 amide bonds. The second-order valence-electron chi connectivity index (χ2n) is 4.17. The molecule has 0 saturated heterocycles. The number of fused-ring (bicyclic) bond motifs is 1. The molecule has 0 heterocycles. The molecule has 0 aliphatic heterocycles. The first kappa shape index (κ1) is 12.4. The van der Waals surface area contributed by atoms with E-state index in [4.69, 9.17) is 0 Å². The Labute approximate surface area is 109 Å². The maximum Gasteiger partial charge on any atom is 0.0422 e. The lowest BCUT2D eigenvalue weighted by Gasteiger charge is -2.07. The zero-order chi connectivity index (χ0) is 12.6. The number of hydrogen-bond donors (Lipinski definition) is 1. The van der Waals surface area contributed by atoms with Gasteiger partial charge in [0.2, 0.25) is 0 Å². The van der Waals surface area contributed by atoms with Gasteiger partial charge in [-0.05, 0) is 17.9 Å². The highest BCUT2D eigenvalue weighted by Crippen LogP contribution is 2.22. The van der Waals surface area contributed by atoms with Crippen molar-refractivity contribution in [3.05, 3.63) is 66.8 Å². The number of benzene rings is 2. The van der Waals surface area contributed by atoms with Crippen LogP contribution in [0, 0.1) is 0 Å². The zero-order valence-corrected chi connectivity index (χ0v) is 10.8. The van der Waals surface area contributed by atoms with E-state index in [0.29, 0.717) is 0 Å². The van der Waals surface area contributed by atoms with Gasteiger partial charge >= 0.3 is 0 Å². The Bertz CT molecular complexity index is 547. The Kier molecular flexibility index (Phi) is 4.60. The smallest absolute Gasteiger partial charge is 0.0422 e. The highest BCUT2D eigenvalue weighted by atomic mass is 14.9. The maximum absolute atomic E-state index is 3.44. The number of rotatable bonds is 5. The number of hydrogen-bond acceptors (Lipinski definition) is 1. The Hall–Kier alpha value is -2.02. The van der Waals surface area contributed by atoms with E-state index in [1.54, 1.807) is 0 Å². The van der Waals surface area contributed by atoms with Gasteiger partial charge in [-0.15, -0.1) is 0 Å². The van der Waals surface area contributed by atoms with Crippen molar-refractivity contribution in [3.8, 4) is 0 Å². The van der Waals surface area contributed by atoms with Crippen LogP contribution < -0.4 is 5.32 Å². The monoisotopic (exact) mass is 237 g/mol. The van der Waals surface area contributed by atoms with Crippen molar-refractivity contribution in [2.75, 3.05) is 11.9 Å². The SMILES string of the molecule is CC/C=C\C=C/CNc1cccc2ccccc12. The van der Waals surface area contributed by atoms with Crippen LogP contribution >= 0.6 is 0 Å². The molecule has 2 rings (SSSR count). The lowest BCUT2D eigenvalue weighted by molar-refractivity contribution is 1.22. The first-order valence-corrected chi connectivity index (χ1v) is 6.45. The molecule has 0 radical (unpaired) electrons. The third kappa shape index (κ3) is 3.24. The molecule has 0 unspecified atom stereocenters. The Balaban J connectivity index is 2.04. The summed E-state index contributed by atoms with van der Waals surface area (Å²) in [5, 5.41) is 5.99. The third-order valence-corrected chi connectivity index (χ3v) is 2.82. The molecule has 92 valence electrons.